The topological polar surface area (TPSA) is 86.2 Å². The van der Waals surface area contributed by atoms with Crippen molar-refractivity contribution < 1.29 is 0 Å². The van der Waals surface area contributed by atoms with Crippen molar-refractivity contribution >= 4 is 21.5 Å². The summed E-state index contributed by atoms with van der Waals surface area (Å²) in [6, 6.07) is 81.0. The van der Waals surface area contributed by atoms with Crippen LogP contribution in [0, 0.1) is 22.7 Å². The van der Waals surface area contributed by atoms with Crippen LogP contribution in [0.25, 0.3) is 111 Å². The van der Waals surface area contributed by atoms with Gasteiger partial charge in [0.25, 0.3) is 0 Å². The molecule has 0 atom stereocenters. The molecule has 1 heterocycles. The summed E-state index contributed by atoms with van der Waals surface area (Å²) in [6.45, 7) is 0. The Kier molecular flexibility index (Phi) is 10.3. The monoisotopic (exact) mass is 839 g/mol. The molecule has 11 aromatic rings. The van der Waals surface area contributed by atoms with Crippen molar-refractivity contribution in [3.05, 3.63) is 236 Å². The lowest BCUT2D eigenvalue weighted by atomic mass is 9.87. The molecule has 1 aromatic heterocycles. The van der Waals surface area contributed by atoms with Crippen molar-refractivity contribution in [1.29, 1.82) is 10.5 Å². The van der Waals surface area contributed by atoms with Crippen LogP contribution in [0.5, 0.6) is 0 Å². The van der Waals surface area contributed by atoms with Crippen LogP contribution >= 0.6 is 0 Å². The number of benzene rings is 10. The molecule has 0 amide bonds. The Bertz CT molecular complexity index is 3730. The third kappa shape index (κ3) is 7.33. The first-order valence-corrected chi connectivity index (χ1v) is 21.8. The Morgan fingerprint density at radius 3 is 1.53 bits per heavy atom. The minimum atomic E-state index is 0.534. The van der Waals surface area contributed by atoms with Gasteiger partial charge in [-0.25, -0.2) is 15.0 Å². The fourth-order valence-corrected chi connectivity index (χ4v) is 9.08. The Hall–Kier alpha value is -9.29. The summed E-state index contributed by atoms with van der Waals surface area (Å²) in [5, 5.41) is 25.3. The molecule has 0 aliphatic heterocycles. The normalized spacial score (nSPS) is 11.0. The largest absolute Gasteiger partial charge is 0.208 e. The number of fused-ring (bicyclic) bond motifs is 3. The summed E-state index contributed by atoms with van der Waals surface area (Å²) in [5.41, 5.74) is 13.5. The van der Waals surface area contributed by atoms with Crippen molar-refractivity contribution in [2.45, 2.75) is 0 Å². The summed E-state index contributed by atoms with van der Waals surface area (Å²) in [6.07, 6.45) is 0. The first-order valence-electron chi connectivity index (χ1n) is 21.8. The van der Waals surface area contributed by atoms with Gasteiger partial charge in [0.1, 0.15) is 6.07 Å². The quantitative estimate of drug-likeness (QED) is 0.142. The molecule has 66 heavy (non-hydrogen) atoms. The molecular formula is C61H37N5. The van der Waals surface area contributed by atoms with E-state index in [9.17, 15) is 10.5 Å². The molecule has 0 bridgehead atoms. The first kappa shape index (κ1) is 39.5. The van der Waals surface area contributed by atoms with Crippen LogP contribution in [-0.2, 0) is 0 Å². The Balaban J connectivity index is 1.01. The van der Waals surface area contributed by atoms with Crippen LogP contribution in [0.15, 0.2) is 224 Å². The molecule has 0 aliphatic rings. The zero-order valence-electron chi connectivity index (χ0n) is 35.6. The van der Waals surface area contributed by atoms with Gasteiger partial charge in [0.05, 0.1) is 17.2 Å². The molecule has 0 radical (unpaired) electrons. The van der Waals surface area contributed by atoms with Crippen molar-refractivity contribution in [3.8, 4) is 102 Å². The number of rotatable bonds is 8. The van der Waals surface area contributed by atoms with Crippen LogP contribution < -0.4 is 0 Å². The van der Waals surface area contributed by atoms with Crippen LogP contribution in [0.2, 0.25) is 0 Å². The van der Waals surface area contributed by atoms with Crippen LogP contribution in [0.3, 0.4) is 0 Å². The molecule has 11 rings (SSSR count). The van der Waals surface area contributed by atoms with E-state index in [0.29, 0.717) is 28.6 Å². The number of nitriles is 2. The van der Waals surface area contributed by atoms with Crippen LogP contribution in [0.1, 0.15) is 11.1 Å². The Labute approximate surface area is 382 Å². The average molecular weight is 840 g/mol. The Morgan fingerprint density at radius 2 is 0.773 bits per heavy atom. The highest BCUT2D eigenvalue weighted by molar-refractivity contribution is 6.14. The second kappa shape index (κ2) is 17.1. The van der Waals surface area contributed by atoms with E-state index in [1.54, 1.807) is 0 Å². The van der Waals surface area contributed by atoms with Crippen molar-refractivity contribution in [2.75, 3.05) is 0 Å². The summed E-state index contributed by atoms with van der Waals surface area (Å²) < 4.78 is 0. The lowest BCUT2D eigenvalue weighted by molar-refractivity contribution is 1.07. The van der Waals surface area contributed by atoms with Crippen molar-refractivity contribution in [2.24, 2.45) is 0 Å². The molecule has 0 aliphatic carbocycles. The van der Waals surface area contributed by atoms with E-state index < -0.39 is 0 Å². The van der Waals surface area contributed by atoms with Crippen LogP contribution in [0.4, 0.5) is 0 Å². The van der Waals surface area contributed by atoms with Gasteiger partial charge in [0.15, 0.2) is 17.5 Å². The average Bonchev–Trinajstić information content (AvgIpc) is 3.40. The standard InChI is InChI=1S/C61H37N5/c62-38-40-30-32-42(33-31-40)49-22-7-9-26-56(49)61-65-59(44-15-2-1-3-16-44)64-60(66-61)48-21-11-19-46(37-48)50-23-6-8-25-54(50)55-29-13-27-51(57(55)39-63)45-18-10-20-47(36-45)53-28-12-17-43-35-34-41-14-4-5-24-52(41)58(43)53/h1-37H. The highest BCUT2D eigenvalue weighted by Gasteiger charge is 2.19. The third-order valence-corrected chi connectivity index (χ3v) is 12.2. The summed E-state index contributed by atoms with van der Waals surface area (Å²) in [5.74, 6) is 1.63. The maximum Gasteiger partial charge on any atom is 0.164 e. The van der Waals surface area contributed by atoms with Gasteiger partial charge >= 0.3 is 0 Å². The van der Waals surface area contributed by atoms with E-state index in [1.165, 1.54) is 21.5 Å². The second-order valence-electron chi connectivity index (χ2n) is 16.1. The number of nitrogens with zero attached hydrogens (tertiary/aromatic N) is 5. The maximum absolute atomic E-state index is 11.0. The van der Waals surface area contributed by atoms with E-state index in [0.717, 1.165) is 72.3 Å². The lowest BCUT2D eigenvalue weighted by Crippen LogP contribution is -2.01. The van der Waals surface area contributed by atoms with Gasteiger partial charge in [-0.15, -0.1) is 0 Å². The van der Waals surface area contributed by atoms with Gasteiger partial charge in [0.2, 0.25) is 0 Å². The van der Waals surface area contributed by atoms with Crippen LogP contribution in [-0.4, -0.2) is 15.0 Å². The van der Waals surface area contributed by atoms with Gasteiger partial charge in [-0.3, -0.25) is 0 Å². The van der Waals surface area contributed by atoms with E-state index in [1.807, 2.05) is 121 Å². The molecule has 5 nitrogen and oxygen atoms in total. The summed E-state index contributed by atoms with van der Waals surface area (Å²) in [7, 11) is 0. The van der Waals surface area contributed by atoms with Crippen molar-refractivity contribution in [3.63, 3.8) is 0 Å². The smallest absolute Gasteiger partial charge is 0.164 e. The van der Waals surface area contributed by atoms with E-state index in [4.69, 9.17) is 15.0 Å². The lowest BCUT2D eigenvalue weighted by Gasteiger charge is -2.16. The van der Waals surface area contributed by atoms with Gasteiger partial charge in [-0.1, -0.05) is 200 Å². The maximum atomic E-state index is 11.0. The molecule has 0 N–H and O–H groups in total. The van der Waals surface area contributed by atoms with Gasteiger partial charge in [-0.2, -0.15) is 10.5 Å². The molecule has 0 unspecified atom stereocenters. The molecule has 306 valence electrons. The highest BCUT2D eigenvalue weighted by atomic mass is 15.0. The third-order valence-electron chi connectivity index (χ3n) is 12.2. The number of hydrogen-bond donors (Lipinski definition) is 0. The van der Waals surface area contributed by atoms with E-state index in [-0.39, 0.29) is 0 Å². The zero-order valence-corrected chi connectivity index (χ0v) is 35.6. The van der Waals surface area contributed by atoms with Gasteiger partial charge in [0, 0.05) is 27.8 Å². The molecule has 0 saturated heterocycles. The molecule has 10 aromatic carbocycles. The molecule has 5 heteroatoms. The predicted octanol–water partition coefficient (Wildman–Crippen LogP) is 15.3. The van der Waals surface area contributed by atoms with E-state index in [2.05, 4.69) is 115 Å². The summed E-state index contributed by atoms with van der Waals surface area (Å²) >= 11 is 0. The molecule has 0 spiro atoms. The fraction of sp³-hybridized carbons (Fsp3) is 0. The van der Waals surface area contributed by atoms with Crippen molar-refractivity contribution in [1.82, 2.24) is 15.0 Å². The summed E-state index contributed by atoms with van der Waals surface area (Å²) in [4.78, 5) is 15.3. The van der Waals surface area contributed by atoms with Gasteiger partial charge < -0.3 is 0 Å². The van der Waals surface area contributed by atoms with Gasteiger partial charge in [-0.05, 0) is 90.3 Å². The first-order chi connectivity index (χ1) is 32.6. The number of aromatic nitrogens is 3. The van der Waals surface area contributed by atoms with E-state index >= 15 is 0 Å². The SMILES string of the molecule is N#Cc1ccc(-c2ccccc2-c2nc(-c3ccccc3)nc(-c3cccc(-c4ccccc4-c4cccc(-c5cccc(-c6cccc7ccc8ccccc8c67)c5)c4C#N)c3)n2)cc1. The second-order valence-corrected chi connectivity index (χ2v) is 16.1. The molecule has 0 saturated carbocycles. The Morgan fingerprint density at radius 1 is 0.288 bits per heavy atom. The minimum Gasteiger partial charge on any atom is -0.208 e. The predicted molar refractivity (Wildman–Crippen MR) is 268 cm³/mol. The number of hydrogen-bond acceptors (Lipinski definition) is 5. The molecular weight excluding hydrogens is 803 g/mol. The fourth-order valence-electron chi connectivity index (χ4n) is 9.08. The minimum absolute atomic E-state index is 0.534. The molecule has 0 fully saturated rings. The highest BCUT2D eigenvalue weighted by Crippen LogP contribution is 2.41. The zero-order chi connectivity index (χ0) is 44.4.